The monoisotopic (exact) mass is 605 g/mol. The average molecular weight is 607 g/mol. The van der Waals surface area contributed by atoms with Crippen LogP contribution in [0.5, 0.6) is 5.75 Å². The van der Waals surface area contributed by atoms with Crippen molar-refractivity contribution in [3.8, 4) is 5.75 Å². The van der Waals surface area contributed by atoms with Crippen molar-refractivity contribution in [2.24, 2.45) is 0 Å². The van der Waals surface area contributed by atoms with Crippen LogP contribution < -0.4 is 14.4 Å². The molecule has 0 aromatic heterocycles. The number of anilines is 1. The Bertz CT molecular complexity index is 1400. The molecule has 0 bridgehead atoms. The molecule has 3 rings (SSSR count). The number of hydrogen-bond acceptors (Lipinski definition) is 5. The van der Waals surface area contributed by atoms with Gasteiger partial charge in [-0.1, -0.05) is 54.4 Å². The molecule has 1 atom stereocenters. The third kappa shape index (κ3) is 7.68. The van der Waals surface area contributed by atoms with E-state index < -0.39 is 28.5 Å². The first-order chi connectivity index (χ1) is 19.1. The van der Waals surface area contributed by atoms with E-state index in [0.717, 1.165) is 4.31 Å². The highest BCUT2D eigenvalue weighted by Crippen LogP contribution is 2.28. The quantitative estimate of drug-likeness (QED) is 0.276. The van der Waals surface area contributed by atoms with Crippen LogP contribution in [0.3, 0.4) is 0 Å². The summed E-state index contributed by atoms with van der Waals surface area (Å²) in [6, 6.07) is 18.5. The van der Waals surface area contributed by atoms with Crippen LogP contribution in [0.1, 0.15) is 32.8 Å². The summed E-state index contributed by atoms with van der Waals surface area (Å²) in [6.07, 6.45) is 0.313. The molecule has 0 heterocycles. The van der Waals surface area contributed by atoms with Gasteiger partial charge in [-0.05, 0) is 74.4 Å². The molecule has 8 nitrogen and oxygen atoms in total. The topological polar surface area (TPSA) is 96.0 Å². The minimum atomic E-state index is -4.15. The number of likely N-dealkylation sites (N-methyl/N-ethyl adjacent to an activating group) is 1. The molecule has 0 spiro atoms. The Morgan fingerprint density at radius 1 is 0.925 bits per heavy atom. The molecule has 2 amide bonds. The zero-order valence-electron chi connectivity index (χ0n) is 22.6. The van der Waals surface area contributed by atoms with Gasteiger partial charge < -0.3 is 15.0 Å². The highest BCUT2D eigenvalue weighted by atomic mass is 35.5. The molecule has 0 saturated heterocycles. The molecule has 40 heavy (non-hydrogen) atoms. The van der Waals surface area contributed by atoms with Crippen LogP contribution in [0.2, 0.25) is 10.0 Å². The molecule has 0 aliphatic carbocycles. The maximum atomic E-state index is 14.0. The first-order valence-electron chi connectivity index (χ1n) is 12.9. The van der Waals surface area contributed by atoms with Gasteiger partial charge in [0.25, 0.3) is 10.0 Å². The van der Waals surface area contributed by atoms with Crippen LogP contribution in [-0.2, 0) is 26.2 Å². The second-order valence-electron chi connectivity index (χ2n) is 8.84. The van der Waals surface area contributed by atoms with Crippen LogP contribution in [0.25, 0.3) is 0 Å². The normalized spacial score (nSPS) is 11.9. The van der Waals surface area contributed by atoms with Crippen molar-refractivity contribution in [1.82, 2.24) is 10.2 Å². The Labute approximate surface area is 245 Å². The maximum absolute atomic E-state index is 14.0. The number of hydrogen-bond donors (Lipinski definition) is 1. The molecule has 3 aromatic rings. The maximum Gasteiger partial charge on any atom is 0.264 e. The lowest BCUT2D eigenvalue weighted by molar-refractivity contribution is -0.140. The van der Waals surface area contributed by atoms with Crippen molar-refractivity contribution in [3.63, 3.8) is 0 Å². The number of carbonyl (C=O) groups is 2. The first kappa shape index (κ1) is 31.3. The Morgan fingerprint density at radius 3 is 2.17 bits per heavy atom. The lowest BCUT2D eigenvalue weighted by Gasteiger charge is -2.33. The summed E-state index contributed by atoms with van der Waals surface area (Å²) >= 11 is 12.3. The lowest BCUT2D eigenvalue weighted by atomic mass is 10.1. The first-order valence-corrected chi connectivity index (χ1v) is 15.1. The molecule has 0 aliphatic heterocycles. The van der Waals surface area contributed by atoms with E-state index >= 15 is 0 Å². The van der Waals surface area contributed by atoms with E-state index in [0.29, 0.717) is 40.9 Å². The standard InChI is InChI=1S/C29H33Cl2N3O5S/c1-4-27(29(36)32-5-2)33(19-21-12-17-25(30)26(31)18-21)28(35)20-34(22-13-15-23(16-14-22)39-6-3)40(37,38)24-10-8-7-9-11-24/h7-18,27H,4-6,19-20H2,1-3H3,(H,32,36). The van der Waals surface area contributed by atoms with E-state index in [4.69, 9.17) is 27.9 Å². The van der Waals surface area contributed by atoms with Crippen molar-refractivity contribution in [2.45, 2.75) is 44.7 Å². The third-order valence-electron chi connectivity index (χ3n) is 6.12. The van der Waals surface area contributed by atoms with E-state index in [1.54, 1.807) is 74.5 Å². The second kappa shape index (κ2) is 14.4. The number of halogens is 2. The number of amides is 2. The van der Waals surface area contributed by atoms with E-state index in [-0.39, 0.29) is 23.0 Å². The van der Waals surface area contributed by atoms with Gasteiger partial charge in [0.2, 0.25) is 11.8 Å². The number of sulfonamides is 1. The molecular formula is C29H33Cl2N3O5S. The zero-order chi connectivity index (χ0) is 29.3. The fourth-order valence-corrected chi connectivity index (χ4v) is 5.93. The van der Waals surface area contributed by atoms with E-state index in [1.165, 1.54) is 17.0 Å². The van der Waals surface area contributed by atoms with Crippen molar-refractivity contribution in [2.75, 3.05) is 24.0 Å². The van der Waals surface area contributed by atoms with E-state index in [9.17, 15) is 18.0 Å². The minimum absolute atomic E-state index is 0.0217. The lowest BCUT2D eigenvalue weighted by Crippen LogP contribution is -2.52. The Hall–Kier alpha value is -3.27. The van der Waals surface area contributed by atoms with Gasteiger partial charge >= 0.3 is 0 Å². The molecule has 0 radical (unpaired) electrons. The molecule has 0 saturated carbocycles. The summed E-state index contributed by atoms with van der Waals surface area (Å²) in [4.78, 5) is 28.4. The summed E-state index contributed by atoms with van der Waals surface area (Å²) in [5, 5.41) is 3.43. The average Bonchev–Trinajstić information content (AvgIpc) is 2.94. The number of nitrogens with one attached hydrogen (secondary N) is 1. The molecule has 3 aromatic carbocycles. The summed E-state index contributed by atoms with van der Waals surface area (Å²) in [6.45, 7) is 5.74. The summed E-state index contributed by atoms with van der Waals surface area (Å²) in [7, 11) is -4.15. The second-order valence-corrected chi connectivity index (χ2v) is 11.5. The molecule has 0 aliphatic rings. The van der Waals surface area contributed by atoms with Crippen LogP contribution in [0.4, 0.5) is 5.69 Å². The summed E-state index contributed by atoms with van der Waals surface area (Å²) < 4.78 is 34.2. The highest BCUT2D eigenvalue weighted by Gasteiger charge is 2.33. The molecule has 11 heteroatoms. The minimum Gasteiger partial charge on any atom is -0.494 e. The number of ether oxygens (including phenoxy) is 1. The van der Waals surface area contributed by atoms with E-state index in [1.807, 2.05) is 6.92 Å². The van der Waals surface area contributed by atoms with E-state index in [2.05, 4.69) is 5.32 Å². The van der Waals surface area contributed by atoms with Crippen molar-refractivity contribution in [1.29, 1.82) is 0 Å². The number of carbonyl (C=O) groups excluding carboxylic acids is 2. The van der Waals surface area contributed by atoms with Gasteiger partial charge in [0.15, 0.2) is 0 Å². The van der Waals surface area contributed by atoms with Gasteiger partial charge in [0, 0.05) is 13.1 Å². The molecule has 1 unspecified atom stereocenters. The number of rotatable bonds is 13. The smallest absolute Gasteiger partial charge is 0.264 e. The van der Waals surface area contributed by atoms with Crippen molar-refractivity contribution < 1.29 is 22.7 Å². The van der Waals surface area contributed by atoms with Crippen molar-refractivity contribution in [3.05, 3.63) is 88.4 Å². The van der Waals surface area contributed by atoms with Gasteiger partial charge in [0.1, 0.15) is 18.3 Å². The van der Waals surface area contributed by atoms with Gasteiger partial charge in [-0.2, -0.15) is 0 Å². The fraction of sp³-hybridized carbons (Fsp3) is 0.310. The molecule has 1 N–H and O–H groups in total. The zero-order valence-corrected chi connectivity index (χ0v) is 25.0. The number of nitrogens with zero attached hydrogens (tertiary/aromatic N) is 2. The summed E-state index contributed by atoms with van der Waals surface area (Å²) in [5.41, 5.74) is 0.922. The largest absolute Gasteiger partial charge is 0.494 e. The van der Waals surface area contributed by atoms with Gasteiger partial charge in [0.05, 0.1) is 27.2 Å². The van der Waals surface area contributed by atoms with Crippen molar-refractivity contribution >= 4 is 50.7 Å². The Kier molecular flexibility index (Phi) is 11.2. The SMILES string of the molecule is CCNC(=O)C(CC)N(Cc1ccc(Cl)c(Cl)c1)C(=O)CN(c1ccc(OCC)cc1)S(=O)(=O)c1ccccc1. The third-order valence-corrected chi connectivity index (χ3v) is 8.65. The van der Waals surface area contributed by atoms with Crippen LogP contribution in [-0.4, -0.2) is 50.9 Å². The molecular weight excluding hydrogens is 573 g/mol. The highest BCUT2D eigenvalue weighted by molar-refractivity contribution is 7.92. The summed E-state index contributed by atoms with van der Waals surface area (Å²) in [5.74, 6) is -0.326. The van der Waals surface area contributed by atoms with Crippen LogP contribution in [0, 0.1) is 0 Å². The Morgan fingerprint density at radius 2 is 1.60 bits per heavy atom. The van der Waals surface area contributed by atoms with Gasteiger partial charge in [-0.3, -0.25) is 13.9 Å². The predicted molar refractivity (Wildman–Crippen MR) is 158 cm³/mol. The predicted octanol–water partition coefficient (Wildman–Crippen LogP) is 5.53. The fourth-order valence-electron chi connectivity index (χ4n) is 4.17. The Balaban J connectivity index is 2.06. The number of benzene rings is 3. The van der Waals surface area contributed by atoms with Crippen LogP contribution >= 0.6 is 23.2 Å². The molecule has 214 valence electrons. The van der Waals surface area contributed by atoms with Gasteiger partial charge in [-0.15, -0.1) is 0 Å². The molecule has 0 fully saturated rings. The van der Waals surface area contributed by atoms with Gasteiger partial charge in [-0.25, -0.2) is 8.42 Å². The van der Waals surface area contributed by atoms with Crippen LogP contribution in [0.15, 0.2) is 77.7 Å².